The Morgan fingerprint density at radius 3 is 2.04 bits per heavy atom. The molecule has 126 valence electrons. The van der Waals surface area contributed by atoms with Crippen molar-refractivity contribution >= 4 is 17.8 Å². The van der Waals surface area contributed by atoms with E-state index in [4.69, 9.17) is 5.11 Å². The van der Waals surface area contributed by atoms with Gasteiger partial charge in [0.1, 0.15) is 0 Å². The van der Waals surface area contributed by atoms with Crippen molar-refractivity contribution in [3.63, 3.8) is 0 Å². The second-order valence-corrected chi connectivity index (χ2v) is 5.31. The molecule has 0 heterocycles. The largest absolute Gasteiger partial charge is 0.478 e. The van der Waals surface area contributed by atoms with Crippen LogP contribution in [0.15, 0.2) is 24.3 Å². The normalized spacial score (nSPS) is 10.1. The molecule has 6 heteroatoms. The summed E-state index contributed by atoms with van der Waals surface area (Å²) < 4.78 is 0. The third-order valence-electron chi connectivity index (χ3n) is 3.32. The van der Waals surface area contributed by atoms with Gasteiger partial charge >= 0.3 is 5.97 Å². The van der Waals surface area contributed by atoms with Crippen LogP contribution in [0.1, 0.15) is 48.5 Å². The number of rotatable bonds is 10. The SMILES string of the molecule is CCCNC(=O)CCCC(=O)NCCc1ccc(C(=O)O)cc1. The van der Waals surface area contributed by atoms with Gasteiger partial charge in [0.2, 0.25) is 11.8 Å². The molecule has 3 N–H and O–H groups in total. The molecule has 0 saturated carbocycles. The van der Waals surface area contributed by atoms with E-state index in [0.29, 0.717) is 38.8 Å². The van der Waals surface area contributed by atoms with Gasteiger partial charge in [0, 0.05) is 25.9 Å². The first-order valence-corrected chi connectivity index (χ1v) is 7.88. The maximum atomic E-state index is 11.7. The maximum Gasteiger partial charge on any atom is 0.335 e. The first kappa shape index (κ1) is 18.7. The Morgan fingerprint density at radius 2 is 1.52 bits per heavy atom. The van der Waals surface area contributed by atoms with Crippen LogP contribution in [0.3, 0.4) is 0 Å². The highest BCUT2D eigenvalue weighted by molar-refractivity contribution is 5.87. The molecule has 0 fully saturated rings. The molecule has 0 aliphatic rings. The highest BCUT2D eigenvalue weighted by Crippen LogP contribution is 2.05. The molecular weight excluding hydrogens is 296 g/mol. The minimum Gasteiger partial charge on any atom is -0.478 e. The van der Waals surface area contributed by atoms with Gasteiger partial charge in [-0.25, -0.2) is 4.79 Å². The van der Waals surface area contributed by atoms with Crippen LogP contribution in [0.4, 0.5) is 0 Å². The zero-order valence-corrected chi connectivity index (χ0v) is 13.4. The van der Waals surface area contributed by atoms with Crippen LogP contribution in [0.25, 0.3) is 0 Å². The number of hydrogen-bond donors (Lipinski definition) is 3. The number of carboxylic acid groups (broad SMARTS) is 1. The zero-order valence-electron chi connectivity index (χ0n) is 13.4. The third kappa shape index (κ3) is 7.99. The van der Waals surface area contributed by atoms with E-state index in [1.165, 1.54) is 0 Å². The van der Waals surface area contributed by atoms with E-state index in [1.807, 2.05) is 6.92 Å². The number of benzene rings is 1. The lowest BCUT2D eigenvalue weighted by Gasteiger charge is -2.06. The predicted octanol–water partition coefficient (Wildman–Crippen LogP) is 1.74. The van der Waals surface area contributed by atoms with Crippen molar-refractivity contribution < 1.29 is 19.5 Å². The van der Waals surface area contributed by atoms with Crippen molar-refractivity contribution in [3.8, 4) is 0 Å². The zero-order chi connectivity index (χ0) is 17.1. The Labute approximate surface area is 136 Å². The lowest BCUT2D eigenvalue weighted by Crippen LogP contribution is -2.27. The molecule has 0 saturated heterocycles. The van der Waals surface area contributed by atoms with E-state index in [9.17, 15) is 14.4 Å². The van der Waals surface area contributed by atoms with Crippen LogP contribution in [0.5, 0.6) is 0 Å². The van der Waals surface area contributed by atoms with Crippen LogP contribution < -0.4 is 10.6 Å². The lowest BCUT2D eigenvalue weighted by molar-refractivity contribution is -0.122. The Balaban J connectivity index is 2.16. The molecule has 0 aliphatic carbocycles. The molecule has 0 unspecified atom stereocenters. The number of nitrogens with one attached hydrogen (secondary N) is 2. The first-order valence-electron chi connectivity index (χ1n) is 7.88. The number of amides is 2. The Hall–Kier alpha value is -2.37. The summed E-state index contributed by atoms with van der Waals surface area (Å²) >= 11 is 0. The van der Waals surface area contributed by atoms with Crippen molar-refractivity contribution in [2.24, 2.45) is 0 Å². The van der Waals surface area contributed by atoms with Crippen molar-refractivity contribution in [2.75, 3.05) is 13.1 Å². The van der Waals surface area contributed by atoms with Crippen molar-refractivity contribution in [1.29, 1.82) is 0 Å². The standard InChI is InChI=1S/C17H24N2O4/c1-2-11-18-15(20)4-3-5-16(21)19-12-10-13-6-8-14(9-7-13)17(22)23/h6-9H,2-5,10-12H2,1H3,(H,18,20)(H,19,21)(H,22,23). The fourth-order valence-corrected chi connectivity index (χ4v) is 2.01. The van der Waals surface area contributed by atoms with Crippen LogP contribution in [-0.4, -0.2) is 36.0 Å². The quantitative estimate of drug-likeness (QED) is 0.612. The predicted molar refractivity (Wildman–Crippen MR) is 87.3 cm³/mol. The van der Waals surface area contributed by atoms with Gasteiger partial charge < -0.3 is 15.7 Å². The van der Waals surface area contributed by atoms with Gasteiger partial charge in [-0.2, -0.15) is 0 Å². The van der Waals surface area contributed by atoms with Gasteiger partial charge in [-0.1, -0.05) is 19.1 Å². The number of carbonyl (C=O) groups excluding carboxylic acids is 2. The maximum absolute atomic E-state index is 11.7. The summed E-state index contributed by atoms with van der Waals surface area (Å²) in [7, 11) is 0. The van der Waals surface area contributed by atoms with Gasteiger partial charge in [-0.3, -0.25) is 9.59 Å². The Morgan fingerprint density at radius 1 is 0.957 bits per heavy atom. The van der Waals surface area contributed by atoms with E-state index in [2.05, 4.69) is 10.6 Å². The Kier molecular flexibility index (Phi) is 8.42. The molecule has 2 amide bonds. The lowest BCUT2D eigenvalue weighted by atomic mass is 10.1. The minimum absolute atomic E-state index is 0.0156. The van der Waals surface area contributed by atoms with Crippen molar-refractivity contribution in [1.82, 2.24) is 10.6 Å². The molecule has 1 aromatic carbocycles. The highest BCUT2D eigenvalue weighted by atomic mass is 16.4. The molecule has 0 bridgehead atoms. The average Bonchev–Trinajstić information content (AvgIpc) is 2.53. The van der Waals surface area contributed by atoms with Crippen LogP contribution in [0, 0.1) is 0 Å². The third-order valence-corrected chi connectivity index (χ3v) is 3.32. The van der Waals surface area contributed by atoms with Gasteiger partial charge in [0.25, 0.3) is 0 Å². The van der Waals surface area contributed by atoms with Crippen LogP contribution >= 0.6 is 0 Å². The second kappa shape index (κ2) is 10.4. The minimum atomic E-state index is -0.951. The molecule has 0 atom stereocenters. The van der Waals surface area contributed by atoms with Gasteiger partial charge in [-0.05, 0) is 37.0 Å². The number of carboxylic acids is 1. The molecule has 0 aromatic heterocycles. The summed E-state index contributed by atoms with van der Waals surface area (Å²) in [5, 5.41) is 14.4. The van der Waals surface area contributed by atoms with Gasteiger partial charge in [0.15, 0.2) is 0 Å². The van der Waals surface area contributed by atoms with Crippen LogP contribution in [0.2, 0.25) is 0 Å². The van der Waals surface area contributed by atoms with Crippen LogP contribution in [-0.2, 0) is 16.0 Å². The van der Waals surface area contributed by atoms with E-state index < -0.39 is 5.97 Å². The number of aromatic carboxylic acids is 1. The van der Waals surface area contributed by atoms with Gasteiger partial charge in [0.05, 0.1) is 5.56 Å². The van der Waals surface area contributed by atoms with E-state index >= 15 is 0 Å². The number of hydrogen-bond acceptors (Lipinski definition) is 3. The monoisotopic (exact) mass is 320 g/mol. The fourth-order valence-electron chi connectivity index (χ4n) is 2.01. The number of carbonyl (C=O) groups is 3. The molecule has 23 heavy (non-hydrogen) atoms. The molecule has 1 aromatic rings. The second-order valence-electron chi connectivity index (χ2n) is 5.31. The first-order chi connectivity index (χ1) is 11.0. The summed E-state index contributed by atoms with van der Waals surface area (Å²) in [6.07, 6.45) is 2.78. The average molecular weight is 320 g/mol. The van der Waals surface area contributed by atoms with Crippen molar-refractivity contribution in [3.05, 3.63) is 35.4 Å². The molecule has 0 radical (unpaired) electrons. The molecular formula is C17H24N2O4. The molecule has 0 spiro atoms. The highest BCUT2D eigenvalue weighted by Gasteiger charge is 2.05. The van der Waals surface area contributed by atoms with Gasteiger partial charge in [-0.15, -0.1) is 0 Å². The summed E-state index contributed by atoms with van der Waals surface area (Å²) in [4.78, 5) is 33.8. The molecule has 1 rings (SSSR count). The Bertz CT molecular complexity index is 526. The summed E-state index contributed by atoms with van der Waals surface area (Å²) in [6, 6.07) is 6.59. The summed E-state index contributed by atoms with van der Waals surface area (Å²) in [6.45, 7) is 3.15. The topological polar surface area (TPSA) is 95.5 Å². The smallest absolute Gasteiger partial charge is 0.335 e. The van der Waals surface area contributed by atoms with E-state index in [-0.39, 0.29) is 17.4 Å². The van der Waals surface area contributed by atoms with E-state index in [0.717, 1.165) is 12.0 Å². The van der Waals surface area contributed by atoms with Crippen molar-refractivity contribution in [2.45, 2.75) is 39.0 Å². The molecule has 6 nitrogen and oxygen atoms in total. The fraction of sp³-hybridized carbons (Fsp3) is 0.471. The summed E-state index contributed by atoms with van der Waals surface area (Å²) in [5.41, 5.74) is 1.22. The summed E-state index contributed by atoms with van der Waals surface area (Å²) in [5.74, 6) is -1.04. The molecule has 0 aliphatic heterocycles. The van der Waals surface area contributed by atoms with E-state index in [1.54, 1.807) is 24.3 Å².